The SMILES string of the molecule is C/C=C/C=C/C(=O)OC(=O)[C@@H]1CCC(=O)N1. The molecule has 1 N–H and O–H groups in total. The Balaban J connectivity index is 2.39. The summed E-state index contributed by atoms with van der Waals surface area (Å²) < 4.78 is 4.52. The minimum absolute atomic E-state index is 0.196. The van der Waals surface area contributed by atoms with Gasteiger partial charge in [0.2, 0.25) is 5.91 Å². The lowest BCUT2D eigenvalue weighted by Gasteiger charge is -2.06. The lowest BCUT2D eigenvalue weighted by Crippen LogP contribution is -2.35. The number of amides is 1. The van der Waals surface area contributed by atoms with Gasteiger partial charge in [0.05, 0.1) is 0 Å². The molecule has 0 aromatic rings. The quantitative estimate of drug-likeness (QED) is 0.326. The zero-order valence-electron chi connectivity index (χ0n) is 8.93. The summed E-state index contributed by atoms with van der Waals surface area (Å²) in [6.45, 7) is 1.80. The number of esters is 2. The van der Waals surface area contributed by atoms with Gasteiger partial charge < -0.3 is 10.1 Å². The molecule has 5 heteroatoms. The normalized spacial score (nSPS) is 20.3. The molecule has 0 spiro atoms. The molecule has 1 aliphatic heterocycles. The molecule has 0 aromatic heterocycles. The first-order valence-corrected chi connectivity index (χ1v) is 4.98. The summed E-state index contributed by atoms with van der Waals surface area (Å²) in [5.41, 5.74) is 0. The fourth-order valence-electron chi connectivity index (χ4n) is 1.24. The van der Waals surface area contributed by atoms with Gasteiger partial charge in [0.25, 0.3) is 0 Å². The molecule has 0 aromatic carbocycles. The molecule has 1 heterocycles. The van der Waals surface area contributed by atoms with Gasteiger partial charge in [0, 0.05) is 12.5 Å². The molecule has 1 saturated heterocycles. The molecule has 0 radical (unpaired) electrons. The fraction of sp³-hybridized carbons (Fsp3) is 0.364. The number of hydrogen-bond acceptors (Lipinski definition) is 4. The molecule has 0 aliphatic carbocycles. The molecule has 0 unspecified atom stereocenters. The Morgan fingerprint density at radius 1 is 1.44 bits per heavy atom. The van der Waals surface area contributed by atoms with Crippen molar-refractivity contribution in [2.24, 2.45) is 0 Å². The molecule has 5 nitrogen and oxygen atoms in total. The van der Waals surface area contributed by atoms with E-state index in [1.54, 1.807) is 19.1 Å². The first-order chi connectivity index (χ1) is 7.63. The zero-order chi connectivity index (χ0) is 12.0. The van der Waals surface area contributed by atoms with Gasteiger partial charge in [-0.3, -0.25) is 4.79 Å². The summed E-state index contributed by atoms with van der Waals surface area (Å²) in [7, 11) is 0. The highest BCUT2D eigenvalue weighted by molar-refractivity contribution is 5.96. The summed E-state index contributed by atoms with van der Waals surface area (Å²) in [6, 6.07) is -0.688. The van der Waals surface area contributed by atoms with E-state index in [2.05, 4.69) is 10.1 Å². The highest BCUT2D eigenvalue weighted by Crippen LogP contribution is 2.08. The molecule has 16 heavy (non-hydrogen) atoms. The van der Waals surface area contributed by atoms with Crippen LogP contribution in [0.4, 0.5) is 0 Å². The summed E-state index contributed by atoms with van der Waals surface area (Å²) >= 11 is 0. The molecule has 1 atom stereocenters. The van der Waals surface area contributed by atoms with E-state index in [1.807, 2.05) is 0 Å². The van der Waals surface area contributed by atoms with Gasteiger partial charge in [-0.15, -0.1) is 0 Å². The zero-order valence-corrected chi connectivity index (χ0v) is 8.93. The van der Waals surface area contributed by atoms with E-state index < -0.39 is 18.0 Å². The number of allylic oxidation sites excluding steroid dienone is 3. The third-order valence-corrected chi connectivity index (χ3v) is 2.02. The van der Waals surface area contributed by atoms with E-state index in [1.165, 1.54) is 6.08 Å². The van der Waals surface area contributed by atoms with Crippen molar-refractivity contribution in [1.82, 2.24) is 5.32 Å². The van der Waals surface area contributed by atoms with Crippen molar-refractivity contribution in [1.29, 1.82) is 0 Å². The van der Waals surface area contributed by atoms with Gasteiger partial charge in [-0.05, 0) is 13.3 Å². The van der Waals surface area contributed by atoms with E-state index in [9.17, 15) is 14.4 Å². The van der Waals surface area contributed by atoms with Gasteiger partial charge in [-0.2, -0.15) is 0 Å². The standard InChI is InChI=1S/C11H13NO4/c1-2-3-4-5-10(14)16-11(15)8-6-7-9(13)12-8/h2-5,8H,6-7H2,1H3,(H,12,13)/b3-2+,5-4+/t8-/m0/s1. The number of rotatable bonds is 3. The Hall–Kier alpha value is -1.91. The summed E-state index contributed by atoms with van der Waals surface area (Å²) in [4.78, 5) is 33.2. The number of ether oxygens (including phenoxy) is 1. The lowest BCUT2D eigenvalue weighted by atomic mass is 10.2. The molecule has 1 amide bonds. The second kappa shape index (κ2) is 5.85. The molecule has 0 saturated carbocycles. The van der Waals surface area contributed by atoms with Crippen LogP contribution in [-0.2, 0) is 19.1 Å². The van der Waals surface area contributed by atoms with Crippen molar-refractivity contribution >= 4 is 17.8 Å². The van der Waals surface area contributed by atoms with Gasteiger partial charge in [-0.25, -0.2) is 9.59 Å². The first kappa shape index (κ1) is 12.2. The van der Waals surface area contributed by atoms with Crippen LogP contribution in [-0.4, -0.2) is 23.9 Å². The van der Waals surface area contributed by atoms with E-state index in [0.717, 1.165) is 6.08 Å². The molecular weight excluding hydrogens is 210 g/mol. The van der Waals surface area contributed by atoms with Gasteiger partial charge in [-0.1, -0.05) is 18.2 Å². The maximum atomic E-state index is 11.3. The smallest absolute Gasteiger partial charge is 0.338 e. The van der Waals surface area contributed by atoms with Crippen molar-refractivity contribution in [2.45, 2.75) is 25.8 Å². The van der Waals surface area contributed by atoms with Crippen LogP contribution >= 0.6 is 0 Å². The highest BCUT2D eigenvalue weighted by atomic mass is 16.6. The lowest BCUT2D eigenvalue weighted by molar-refractivity contribution is -0.157. The molecule has 86 valence electrons. The molecule has 0 bridgehead atoms. The van der Waals surface area contributed by atoms with Crippen LogP contribution in [0, 0.1) is 0 Å². The third kappa shape index (κ3) is 3.68. The molecule has 1 rings (SSSR count). The summed E-state index contributed by atoms with van der Waals surface area (Å²) in [6.07, 6.45) is 6.68. The Morgan fingerprint density at radius 3 is 2.75 bits per heavy atom. The number of carbonyl (C=O) groups excluding carboxylic acids is 3. The highest BCUT2D eigenvalue weighted by Gasteiger charge is 2.29. The first-order valence-electron chi connectivity index (χ1n) is 4.98. The van der Waals surface area contributed by atoms with Crippen molar-refractivity contribution < 1.29 is 19.1 Å². The molecule has 1 aliphatic rings. The number of hydrogen-bond donors (Lipinski definition) is 1. The maximum Gasteiger partial charge on any atom is 0.338 e. The van der Waals surface area contributed by atoms with Crippen LogP contribution in [0.2, 0.25) is 0 Å². The minimum Gasteiger partial charge on any atom is -0.388 e. The Labute approximate surface area is 93.2 Å². The predicted octanol–water partition coefficient (Wildman–Crippen LogP) is 0.467. The maximum absolute atomic E-state index is 11.3. The average Bonchev–Trinajstić information content (AvgIpc) is 2.65. The number of nitrogens with one attached hydrogen (secondary N) is 1. The Morgan fingerprint density at radius 2 is 2.19 bits per heavy atom. The topological polar surface area (TPSA) is 72.5 Å². The van der Waals surface area contributed by atoms with Crippen LogP contribution in [0.25, 0.3) is 0 Å². The van der Waals surface area contributed by atoms with Crippen LogP contribution in [0.3, 0.4) is 0 Å². The second-order valence-corrected chi connectivity index (χ2v) is 3.28. The van der Waals surface area contributed by atoms with Crippen molar-refractivity contribution in [3.05, 3.63) is 24.3 Å². The largest absolute Gasteiger partial charge is 0.388 e. The number of carbonyl (C=O) groups is 3. The van der Waals surface area contributed by atoms with Crippen LogP contribution in [0.1, 0.15) is 19.8 Å². The van der Waals surface area contributed by atoms with Gasteiger partial charge in [0.15, 0.2) is 0 Å². The summed E-state index contributed by atoms with van der Waals surface area (Å²) in [5, 5.41) is 2.42. The van der Waals surface area contributed by atoms with Crippen molar-refractivity contribution in [3.63, 3.8) is 0 Å². The summed E-state index contributed by atoms with van der Waals surface area (Å²) in [5.74, 6) is -1.64. The fourth-order valence-corrected chi connectivity index (χ4v) is 1.24. The van der Waals surface area contributed by atoms with Crippen LogP contribution in [0.5, 0.6) is 0 Å². The second-order valence-electron chi connectivity index (χ2n) is 3.28. The van der Waals surface area contributed by atoms with Crippen LogP contribution < -0.4 is 5.32 Å². The van der Waals surface area contributed by atoms with Crippen molar-refractivity contribution in [3.8, 4) is 0 Å². The monoisotopic (exact) mass is 223 g/mol. The average molecular weight is 223 g/mol. The van der Waals surface area contributed by atoms with Gasteiger partial charge >= 0.3 is 11.9 Å². The van der Waals surface area contributed by atoms with E-state index in [-0.39, 0.29) is 5.91 Å². The van der Waals surface area contributed by atoms with E-state index >= 15 is 0 Å². The Bertz CT molecular complexity index is 357. The Kier molecular flexibility index (Phi) is 4.44. The third-order valence-electron chi connectivity index (χ3n) is 2.02. The van der Waals surface area contributed by atoms with Crippen molar-refractivity contribution in [2.75, 3.05) is 0 Å². The van der Waals surface area contributed by atoms with E-state index in [4.69, 9.17) is 0 Å². The molecular formula is C11H13NO4. The van der Waals surface area contributed by atoms with E-state index in [0.29, 0.717) is 12.8 Å². The predicted molar refractivity (Wildman–Crippen MR) is 56.2 cm³/mol. The van der Waals surface area contributed by atoms with Crippen LogP contribution in [0.15, 0.2) is 24.3 Å². The minimum atomic E-state index is -0.732. The molecule has 1 fully saturated rings. The van der Waals surface area contributed by atoms with Gasteiger partial charge in [0.1, 0.15) is 6.04 Å².